The van der Waals surface area contributed by atoms with Crippen molar-refractivity contribution in [3.05, 3.63) is 35.3 Å². The van der Waals surface area contributed by atoms with Crippen molar-refractivity contribution >= 4 is 0 Å². The molecule has 0 heterocycles. The van der Waals surface area contributed by atoms with Crippen LogP contribution in [0.5, 0.6) is 0 Å². The summed E-state index contributed by atoms with van der Waals surface area (Å²) >= 11 is 0. The van der Waals surface area contributed by atoms with Crippen LogP contribution in [0.25, 0.3) is 0 Å². The van der Waals surface area contributed by atoms with Crippen molar-refractivity contribution in [3.8, 4) is 0 Å². The molecule has 0 aromatic carbocycles. The van der Waals surface area contributed by atoms with Gasteiger partial charge in [0.2, 0.25) is 0 Å². The van der Waals surface area contributed by atoms with Gasteiger partial charge in [-0.15, -0.1) is 0 Å². The Labute approximate surface area is 91.5 Å². The van der Waals surface area contributed by atoms with E-state index >= 15 is 0 Å². The van der Waals surface area contributed by atoms with Crippen molar-refractivity contribution in [3.63, 3.8) is 0 Å². The van der Waals surface area contributed by atoms with E-state index in [1.165, 1.54) is 18.4 Å². The molecule has 2 rings (SSSR count). The molecule has 2 N–H and O–H groups in total. The van der Waals surface area contributed by atoms with Crippen molar-refractivity contribution in [1.82, 2.24) is 0 Å². The van der Waals surface area contributed by atoms with E-state index in [0.29, 0.717) is 0 Å². The van der Waals surface area contributed by atoms with E-state index < -0.39 is 0 Å². The predicted molar refractivity (Wildman–Crippen MR) is 62.0 cm³/mol. The average Bonchev–Trinajstić information content (AvgIpc) is 2.94. The van der Waals surface area contributed by atoms with Gasteiger partial charge in [-0.05, 0) is 56.8 Å². The lowest BCUT2D eigenvalue weighted by Crippen LogP contribution is -2.09. The summed E-state index contributed by atoms with van der Waals surface area (Å²) < 4.78 is 5.67. The molecule has 2 aliphatic rings. The Kier molecular flexibility index (Phi) is 2.85. The largest absolute Gasteiger partial charge is 0.489 e. The molecule has 2 nitrogen and oxygen atoms in total. The maximum Gasteiger partial charge on any atom is 0.138 e. The van der Waals surface area contributed by atoms with E-state index in [1.807, 2.05) is 13.8 Å². The maximum atomic E-state index is 6.01. The SMILES string of the molecule is CC(C)OC1=CCC=C(C2CC2)C=C1N. The Morgan fingerprint density at radius 3 is 2.67 bits per heavy atom. The lowest BCUT2D eigenvalue weighted by Gasteiger charge is -2.13. The first-order chi connectivity index (χ1) is 7.16. The summed E-state index contributed by atoms with van der Waals surface area (Å²) in [7, 11) is 0. The van der Waals surface area contributed by atoms with Gasteiger partial charge in [-0.3, -0.25) is 0 Å². The molecule has 2 aliphatic carbocycles. The minimum absolute atomic E-state index is 0.186. The molecule has 0 unspecified atom stereocenters. The molecule has 0 aromatic heterocycles. The molecule has 0 saturated heterocycles. The van der Waals surface area contributed by atoms with E-state index in [2.05, 4.69) is 18.2 Å². The van der Waals surface area contributed by atoms with Crippen molar-refractivity contribution in [2.45, 2.75) is 39.2 Å². The second kappa shape index (κ2) is 4.13. The van der Waals surface area contributed by atoms with E-state index in [-0.39, 0.29) is 6.10 Å². The van der Waals surface area contributed by atoms with E-state index in [9.17, 15) is 0 Å². The molecule has 0 atom stereocenters. The number of hydrogen-bond donors (Lipinski definition) is 1. The highest BCUT2D eigenvalue weighted by molar-refractivity contribution is 5.38. The summed E-state index contributed by atoms with van der Waals surface area (Å²) in [5.74, 6) is 1.60. The standard InChI is InChI=1S/C13H19NO/c1-9(2)15-13-5-3-4-11(8-12(13)14)10-6-7-10/h4-5,8-10H,3,6-7,14H2,1-2H3. The quantitative estimate of drug-likeness (QED) is 0.769. The number of ether oxygens (including phenoxy) is 1. The first kappa shape index (κ1) is 10.3. The van der Waals surface area contributed by atoms with Crippen LogP contribution in [0.1, 0.15) is 33.1 Å². The van der Waals surface area contributed by atoms with Crippen LogP contribution < -0.4 is 5.73 Å². The molecule has 15 heavy (non-hydrogen) atoms. The van der Waals surface area contributed by atoms with Gasteiger partial charge in [-0.1, -0.05) is 6.08 Å². The van der Waals surface area contributed by atoms with Gasteiger partial charge in [0.25, 0.3) is 0 Å². The van der Waals surface area contributed by atoms with Crippen LogP contribution >= 0.6 is 0 Å². The third-order valence-electron chi connectivity index (χ3n) is 2.67. The summed E-state index contributed by atoms with van der Waals surface area (Å²) in [4.78, 5) is 0. The Hall–Kier alpha value is -1.18. The molecule has 82 valence electrons. The number of rotatable bonds is 3. The summed E-state index contributed by atoms with van der Waals surface area (Å²) in [6, 6.07) is 0. The van der Waals surface area contributed by atoms with E-state index in [4.69, 9.17) is 10.5 Å². The van der Waals surface area contributed by atoms with Gasteiger partial charge in [0.05, 0.1) is 11.8 Å². The molecule has 0 aliphatic heterocycles. The zero-order chi connectivity index (χ0) is 10.8. The molecular formula is C13H19NO. The molecule has 0 bridgehead atoms. The highest BCUT2D eigenvalue weighted by Crippen LogP contribution is 2.38. The van der Waals surface area contributed by atoms with Gasteiger partial charge in [0.15, 0.2) is 0 Å². The first-order valence-electron chi connectivity index (χ1n) is 5.71. The average molecular weight is 205 g/mol. The highest BCUT2D eigenvalue weighted by Gasteiger charge is 2.25. The second-order valence-corrected chi connectivity index (χ2v) is 4.55. The molecule has 1 saturated carbocycles. The number of allylic oxidation sites excluding steroid dienone is 4. The molecule has 0 aromatic rings. The second-order valence-electron chi connectivity index (χ2n) is 4.55. The van der Waals surface area contributed by atoms with E-state index in [1.54, 1.807) is 0 Å². The van der Waals surface area contributed by atoms with Crippen LogP contribution in [-0.2, 0) is 4.74 Å². The Morgan fingerprint density at radius 2 is 2.07 bits per heavy atom. The molecule has 0 radical (unpaired) electrons. The fraction of sp³-hybridized carbons (Fsp3) is 0.538. The molecule has 0 amide bonds. The van der Waals surface area contributed by atoms with Crippen molar-refractivity contribution < 1.29 is 4.74 Å². The third-order valence-corrected chi connectivity index (χ3v) is 2.67. The zero-order valence-corrected chi connectivity index (χ0v) is 9.49. The maximum absolute atomic E-state index is 6.01. The smallest absolute Gasteiger partial charge is 0.138 e. The fourth-order valence-corrected chi connectivity index (χ4v) is 1.80. The van der Waals surface area contributed by atoms with E-state index in [0.717, 1.165) is 23.8 Å². The van der Waals surface area contributed by atoms with Gasteiger partial charge >= 0.3 is 0 Å². The van der Waals surface area contributed by atoms with Gasteiger partial charge < -0.3 is 10.5 Å². The van der Waals surface area contributed by atoms with Crippen molar-refractivity contribution in [1.29, 1.82) is 0 Å². The molecule has 2 heteroatoms. The van der Waals surface area contributed by atoms with Gasteiger partial charge in [-0.2, -0.15) is 0 Å². The van der Waals surface area contributed by atoms with Gasteiger partial charge in [0.1, 0.15) is 5.76 Å². The van der Waals surface area contributed by atoms with Crippen LogP contribution in [0.15, 0.2) is 35.3 Å². The lowest BCUT2D eigenvalue weighted by molar-refractivity contribution is 0.153. The molecule has 0 spiro atoms. The number of nitrogens with two attached hydrogens (primary N) is 1. The first-order valence-corrected chi connectivity index (χ1v) is 5.71. The van der Waals surface area contributed by atoms with Crippen molar-refractivity contribution in [2.75, 3.05) is 0 Å². The van der Waals surface area contributed by atoms with Crippen LogP contribution in [0.2, 0.25) is 0 Å². The van der Waals surface area contributed by atoms with Crippen LogP contribution in [0.4, 0.5) is 0 Å². The molecular weight excluding hydrogens is 186 g/mol. The Balaban J connectivity index is 2.10. The minimum atomic E-state index is 0.186. The fourth-order valence-electron chi connectivity index (χ4n) is 1.80. The topological polar surface area (TPSA) is 35.2 Å². The Morgan fingerprint density at radius 1 is 1.33 bits per heavy atom. The van der Waals surface area contributed by atoms with Crippen LogP contribution in [0, 0.1) is 5.92 Å². The highest BCUT2D eigenvalue weighted by atomic mass is 16.5. The summed E-state index contributed by atoms with van der Waals surface area (Å²) in [5.41, 5.74) is 8.18. The Bertz CT molecular complexity index is 332. The minimum Gasteiger partial charge on any atom is -0.489 e. The lowest BCUT2D eigenvalue weighted by atomic mass is 10.1. The number of hydrogen-bond acceptors (Lipinski definition) is 2. The van der Waals surface area contributed by atoms with Crippen molar-refractivity contribution in [2.24, 2.45) is 11.7 Å². The summed E-state index contributed by atoms with van der Waals surface area (Å²) in [6.45, 7) is 4.04. The van der Waals surface area contributed by atoms with Gasteiger partial charge in [-0.25, -0.2) is 0 Å². The normalized spacial score (nSPS) is 21.7. The van der Waals surface area contributed by atoms with Crippen LogP contribution in [-0.4, -0.2) is 6.10 Å². The van der Waals surface area contributed by atoms with Gasteiger partial charge in [0, 0.05) is 0 Å². The summed E-state index contributed by atoms with van der Waals surface area (Å²) in [6.07, 6.45) is 10.2. The monoisotopic (exact) mass is 205 g/mol. The zero-order valence-electron chi connectivity index (χ0n) is 9.49. The third kappa shape index (κ3) is 2.65. The predicted octanol–water partition coefficient (Wildman–Crippen LogP) is 2.88. The van der Waals surface area contributed by atoms with Crippen LogP contribution in [0.3, 0.4) is 0 Å². The summed E-state index contributed by atoms with van der Waals surface area (Å²) in [5, 5.41) is 0. The molecule has 1 fully saturated rings.